The molecule has 1 N–H and O–H groups in total. The number of nitriles is 1. The van der Waals surface area contributed by atoms with Crippen molar-refractivity contribution in [1.29, 1.82) is 5.26 Å². The minimum absolute atomic E-state index is 0.358. The first-order valence-corrected chi connectivity index (χ1v) is 7.13. The van der Waals surface area contributed by atoms with Gasteiger partial charge in [0.1, 0.15) is 5.54 Å². The van der Waals surface area contributed by atoms with E-state index in [2.05, 4.69) is 37.1 Å². The van der Waals surface area contributed by atoms with Gasteiger partial charge in [0.2, 0.25) is 0 Å². The van der Waals surface area contributed by atoms with E-state index >= 15 is 0 Å². The van der Waals surface area contributed by atoms with E-state index in [-0.39, 0.29) is 5.54 Å². The molecule has 0 aliphatic carbocycles. The quantitative estimate of drug-likeness (QED) is 0.816. The molecule has 0 saturated carbocycles. The van der Waals surface area contributed by atoms with Crippen LogP contribution in [-0.2, 0) is 0 Å². The molecule has 1 heterocycles. The van der Waals surface area contributed by atoms with E-state index in [0.29, 0.717) is 5.41 Å². The van der Waals surface area contributed by atoms with Crippen LogP contribution in [0.5, 0.6) is 0 Å². The van der Waals surface area contributed by atoms with Crippen LogP contribution in [0.3, 0.4) is 0 Å². The van der Waals surface area contributed by atoms with E-state index in [1.165, 1.54) is 19.5 Å². The zero-order valence-corrected chi connectivity index (χ0v) is 12.7. The van der Waals surface area contributed by atoms with Gasteiger partial charge in [-0.05, 0) is 57.7 Å². The first-order valence-electron chi connectivity index (χ1n) is 7.13. The molecule has 2 atom stereocenters. The molecule has 0 aromatic rings. The number of nitrogens with zero attached hydrogens (tertiary/aromatic N) is 2. The second kappa shape index (κ2) is 6.04. The average Bonchev–Trinajstić information content (AvgIpc) is 2.77. The fraction of sp³-hybridized carbons (Fsp3) is 0.933. The molecule has 0 bridgehead atoms. The molecule has 2 unspecified atom stereocenters. The topological polar surface area (TPSA) is 39.1 Å². The fourth-order valence-corrected chi connectivity index (χ4v) is 2.64. The molecule has 3 nitrogen and oxygen atoms in total. The Hall–Kier alpha value is -0.590. The summed E-state index contributed by atoms with van der Waals surface area (Å²) in [6.07, 6.45) is 3.35. The zero-order chi connectivity index (χ0) is 13.8. The van der Waals surface area contributed by atoms with Crippen LogP contribution in [0.2, 0.25) is 0 Å². The SMILES string of the molecule is CNC(C)(C#N)CCCN1CCC(C(C)(C)C)C1. The standard InChI is InChI=1S/C15H29N3/c1-14(2,3)13-7-10-18(11-13)9-6-8-15(4,12-16)17-5/h13,17H,6-11H2,1-5H3. The normalized spacial score (nSPS) is 24.8. The Bertz CT molecular complexity index is 300. The van der Waals surface area contributed by atoms with Crippen molar-refractivity contribution >= 4 is 0 Å². The summed E-state index contributed by atoms with van der Waals surface area (Å²) < 4.78 is 0. The average molecular weight is 251 g/mol. The summed E-state index contributed by atoms with van der Waals surface area (Å²) in [7, 11) is 1.87. The van der Waals surface area contributed by atoms with Crippen LogP contribution in [-0.4, -0.2) is 37.1 Å². The molecule has 0 radical (unpaired) electrons. The lowest BCUT2D eigenvalue weighted by molar-refractivity contribution is 0.225. The van der Waals surface area contributed by atoms with E-state index in [4.69, 9.17) is 5.26 Å². The van der Waals surface area contributed by atoms with Crippen molar-refractivity contribution in [3.8, 4) is 6.07 Å². The van der Waals surface area contributed by atoms with E-state index in [0.717, 1.165) is 25.3 Å². The summed E-state index contributed by atoms with van der Waals surface area (Å²) in [5, 5.41) is 12.2. The lowest BCUT2D eigenvalue weighted by Gasteiger charge is -2.27. The Morgan fingerprint density at radius 1 is 1.33 bits per heavy atom. The molecule has 18 heavy (non-hydrogen) atoms. The van der Waals surface area contributed by atoms with Crippen molar-refractivity contribution in [2.75, 3.05) is 26.7 Å². The molecule has 0 aromatic heterocycles. The van der Waals surface area contributed by atoms with Gasteiger partial charge in [0.05, 0.1) is 6.07 Å². The second-order valence-corrected chi connectivity index (χ2v) is 6.95. The highest BCUT2D eigenvalue weighted by Gasteiger charge is 2.31. The zero-order valence-electron chi connectivity index (χ0n) is 12.7. The Labute approximate surface area is 113 Å². The van der Waals surface area contributed by atoms with Gasteiger partial charge in [-0.15, -0.1) is 0 Å². The van der Waals surface area contributed by atoms with Crippen molar-refractivity contribution in [3.05, 3.63) is 0 Å². The minimum Gasteiger partial charge on any atom is -0.303 e. The van der Waals surface area contributed by atoms with Crippen molar-refractivity contribution in [2.24, 2.45) is 11.3 Å². The van der Waals surface area contributed by atoms with E-state index < -0.39 is 0 Å². The second-order valence-electron chi connectivity index (χ2n) is 6.95. The third-order valence-corrected chi connectivity index (χ3v) is 4.45. The van der Waals surface area contributed by atoms with Crippen LogP contribution in [0, 0.1) is 22.7 Å². The van der Waals surface area contributed by atoms with Gasteiger partial charge in [-0.3, -0.25) is 0 Å². The van der Waals surface area contributed by atoms with Gasteiger partial charge in [0, 0.05) is 6.54 Å². The molecule has 0 aromatic carbocycles. The lowest BCUT2D eigenvalue weighted by atomic mass is 9.80. The molecule has 1 fully saturated rings. The molecule has 1 rings (SSSR count). The summed E-state index contributed by atoms with van der Waals surface area (Å²) >= 11 is 0. The smallest absolute Gasteiger partial charge is 0.103 e. The van der Waals surface area contributed by atoms with Crippen LogP contribution in [0.4, 0.5) is 0 Å². The van der Waals surface area contributed by atoms with Gasteiger partial charge < -0.3 is 10.2 Å². The molecule has 1 aliphatic rings. The number of rotatable bonds is 5. The molecule has 104 valence electrons. The molecule has 0 amide bonds. The van der Waals surface area contributed by atoms with Gasteiger partial charge in [0.15, 0.2) is 0 Å². The third kappa shape index (κ3) is 4.26. The van der Waals surface area contributed by atoms with Gasteiger partial charge in [-0.1, -0.05) is 20.8 Å². The van der Waals surface area contributed by atoms with Gasteiger partial charge in [-0.25, -0.2) is 0 Å². The van der Waals surface area contributed by atoms with Gasteiger partial charge in [-0.2, -0.15) is 5.26 Å². The largest absolute Gasteiger partial charge is 0.303 e. The maximum Gasteiger partial charge on any atom is 0.103 e. The van der Waals surface area contributed by atoms with E-state index in [9.17, 15) is 0 Å². The monoisotopic (exact) mass is 251 g/mol. The van der Waals surface area contributed by atoms with Crippen LogP contribution < -0.4 is 5.32 Å². The highest BCUT2D eigenvalue weighted by atomic mass is 15.1. The summed E-state index contributed by atoms with van der Waals surface area (Å²) in [4.78, 5) is 2.56. The fourth-order valence-electron chi connectivity index (χ4n) is 2.64. The summed E-state index contributed by atoms with van der Waals surface area (Å²) in [6, 6.07) is 2.36. The Balaban J connectivity index is 2.29. The summed E-state index contributed by atoms with van der Waals surface area (Å²) in [6.45, 7) is 12.6. The molecule has 0 spiro atoms. The number of likely N-dealkylation sites (tertiary alicyclic amines) is 1. The van der Waals surface area contributed by atoms with Crippen LogP contribution in [0.1, 0.15) is 47.0 Å². The third-order valence-electron chi connectivity index (χ3n) is 4.45. The maximum atomic E-state index is 9.10. The first-order chi connectivity index (χ1) is 8.30. The summed E-state index contributed by atoms with van der Waals surface area (Å²) in [5.74, 6) is 0.823. The van der Waals surface area contributed by atoms with Crippen LogP contribution in [0.25, 0.3) is 0 Å². The minimum atomic E-state index is -0.358. The molecule has 3 heteroatoms. The number of nitrogens with one attached hydrogen (secondary N) is 1. The lowest BCUT2D eigenvalue weighted by Crippen LogP contribution is -2.38. The van der Waals surface area contributed by atoms with Gasteiger partial charge >= 0.3 is 0 Å². The Kier molecular flexibility index (Phi) is 5.19. The van der Waals surface area contributed by atoms with Crippen molar-refractivity contribution in [1.82, 2.24) is 10.2 Å². The molecular weight excluding hydrogens is 222 g/mol. The Morgan fingerprint density at radius 2 is 2.00 bits per heavy atom. The van der Waals surface area contributed by atoms with Crippen molar-refractivity contribution in [2.45, 2.75) is 52.5 Å². The maximum absolute atomic E-state index is 9.10. The van der Waals surface area contributed by atoms with E-state index in [1.807, 2.05) is 14.0 Å². The number of hydrogen-bond acceptors (Lipinski definition) is 3. The van der Waals surface area contributed by atoms with Crippen LogP contribution in [0.15, 0.2) is 0 Å². The van der Waals surface area contributed by atoms with Gasteiger partial charge in [0.25, 0.3) is 0 Å². The predicted octanol–water partition coefficient (Wildman–Crippen LogP) is 2.64. The molecule has 1 aliphatic heterocycles. The highest BCUT2D eigenvalue weighted by Crippen LogP contribution is 2.33. The number of hydrogen-bond donors (Lipinski definition) is 1. The summed E-state index contributed by atoms with van der Waals surface area (Å²) in [5.41, 5.74) is 0.0735. The molecule has 1 saturated heterocycles. The van der Waals surface area contributed by atoms with Crippen molar-refractivity contribution < 1.29 is 0 Å². The first kappa shape index (κ1) is 15.5. The van der Waals surface area contributed by atoms with E-state index in [1.54, 1.807) is 0 Å². The Morgan fingerprint density at radius 3 is 2.44 bits per heavy atom. The van der Waals surface area contributed by atoms with Crippen LogP contribution >= 0.6 is 0 Å². The highest BCUT2D eigenvalue weighted by molar-refractivity contribution is 5.02. The molecular formula is C15H29N3. The predicted molar refractivity (Wildman–Crippen MR) is 76.3 cm³/mol. The van der Waals surface area contributed by atoms with Crippen molar-refractivity contribution in [3.63, 3.8) is 0 Å².